The molecule has 0 atom stereocenters. The van der Waals surface area contributed by atoms with Crippen molar-refractivity contribution in [3.63, 3.8) is 0 Å². The Morgan fingerprint density at radius 2 is 2.22 bits per heavy atom. The first kappa shape index (κ1) is 12.5. The Balaban J connectivity index is 2.54. The van der Waals surface area contributed by atoms with Crippen molar-refractivity contribution >= 4 is 28.6 Å². The second kappa shape index (κ2) is 5.14. The molecule has 1 aromatic carbocycles. The molecule has 1 heterocycles. The van der Waals surface area contributed by atoms with Crippen molar-refractivity contribution in [1.29, 1.82) is 0 Å². The van der Waals surface area contributed by atoms with Gasteiger partial charge >= 0.3 is 0 Å². The molecule has 0 amide bonds. The van der Waals surface area contributed by atoms with Crippen LogP contribution in [0.1, 0.15) is 18.1 Å². The van der Waals surface area contributed by atoms with E-state index in [1.807, 2.05) is 24.3 Å². The summed E-state index contributed by atoms with van der Waals surface area (Å²) in [5.74, 6) is 0. The Labute approximate surface area is 109 Å². The van der Waals surface area contributed by atoms with Gasteiger partial charge in [0.05, 0.1) is 10.4 Å². The van der Waals surface area contributed by atoms with Crippen LogP contribution in [0, 0.1) is 10.1 Å². The topological polar surface area (TPSA) is 56.0 Å². The number of aromatic nitrogens is 1. The van der Waals surface area contributed by atoms with Crippen molar-refractivity contribution in [1.82, 2.24) is 4.98 Å². The molecule has 2 rings (SSSR count). The van der Waals surface area contributed by atoms with Gasteiger partial charge in [-0.15, -0.1) is 0 Å². The van der Waals surface area contributed by atoms with Crippen LogP contribution in [0.3, 0.4) is 0 Å². The molecule has 0 saturated heterocycles. The van der Waals surface area contributed by atoms with E-state index in [1.165, 1.54) is 11.6 Å². The van der Waals surface area contributed by atoms with Crippen LogP contribution in [-0.2, 0) is 6.42 Å². The Kier molecular flexibility index (Phi) is 3.58. The molecule has 4 nitrogen and oxygen atoms in total. The Morgan fingerprint density at radius 3 is 2.89 bits per heavy atom. The molecule has 0 spiro atoms. The molecular formula is C13H11ClN2O2. The highest BCUT2D eigenvalue weighted by atomic mass is 35.5. The highest BCUT2D eigenvalue weighted by Gasteiger charge is 2.04. The zero-order chi connectivity index (χ0) is 13.1. The quantitative estimate of drug-likeness (QED) is 0.481. The van der Waals surface area contributed by atoms with E-state index in [9.17, 15) is 10.1 Å². The predicted molar refractivity (Wildman–Crippen MR) is 72.2 cm³/mol. The van der Waals surface area contributed by atoms with Gasteiger partial charge in [-0.25, -0.2) is 4.98 Å². The lowest BCUT2D eigenvalue weighted by molar-refractivity contribution is -0.400. The monoisotopic (exact) mass is 262 g/mol. The first-order valence-electron chi connectivity index (χ1n) is 5.51. The van der Waals surface area contributed by atoms with Crippen molar-refractivity contribution < 1.29 is 4.92 Å². The van der Waals surface area contributed by atoms with Gasteiger partial charge in [0.15, 0.2) is 0 Å². The Morgan fingerprint density at radius 1 is 1.44 bits per heavy atom. The largest absolute Gasteiger partial charge is 0.259 e. The van der Waals surface area contributed by atoms with Crippen molar-refractivity contribution in [3.8, 4) is 0 Å². The maximum atomic E-state index is 10.3. The molecule has 92 valence electrons. The third-order valence-electron chi connectivity index (χ3n) is 2.64. The minimum Gasteiger partial charge on any atom is -0.259 e. The molecule has 18 heavy (non-hydrogen) atoms. The number of pyridine rings is 1. The third-order valence-corrected chi connectivity index (χ3v) is 2.95. The van der Waals surface area contributed by atoms with Gasteiger partial charge in [0, 0.05) is 17.0 Å². The first-order chi connectivity index (χ1) is 8.60. The summed E-state index contributed by atoms with van der Waals surface area (Å²) < 4.78 is 0. The van der Waals surface area contributed by atoms with E-state index in [-0.39, 0.29) is 5.15 Å². The molecule has 0 aliphatic rings. The van der Waals surface area contributed by atoms with Crippen molar-refractivity contribution in [3.05, 3.63) is 56.9 Å². The lowest BCUT2D eigenvalue weighted by Crippen LogP contribution is -1.88. The van der Waals surface area contributed by atoms with E-state index in [4.69, 9.17) is 11.6 Å². The van der Waals surface area contributed by atoms with Gasteiger partial charge in [0.2, 0.25) is 6.20 Å². The molecule has 0 bridgehead atoms. The predicted octanol–water partition coefficient (Wildman–Crippen LogP) is 3.70. The summed E-state index contributed by atoms with van der Waals surface area (Å²) in [5, 5.41) is 11.5. The summed E-state index contributed by atoms with van der Waals surface area (Å²) in [6.07, 6.45) is 3.14. The smallest absolute Gasteiger partial charge is 0.235 e. The summed E-state index contributed by atoms with van der Waals surface area (Å²) in [5.41, 5.74) is 2.53. The number of rotatable bonds is 3. The Hall–Kier alpha value is -1.94. The summed E-state index contributed by atoms with van der Waals surface area (Å²) in [6, 6.07) is 7.73. The number of benzene rings is 1. The van der Waals surface area contributed by atoms with Gasteiger partial charge in [0.25, 0.3) is 0 Å². The molecule has 0 aliphatic heterocycles. The van der Waals surface area contributed by atoms with Crippen molar-refractivity contribution in [2.75, 3.05) is 0 Å². The number of aryl methyl sites for hydroxylation is 1. The number of nitro groups is 1. The molecule has 1 aromatic heterocycles. The molecule has 0 aliphatic carbocycles. The van der Waals surface area contributed by atoms with E-state index in [0.717, 1.165) is 23.5 Å². The Bertz CT molecular complexity index is 638. The van der Waals surface area contributed by atoms with Gasteiger partial charge in [-0.05, 0) is 30.2 Å². The fourth-order valence-corrected chi connectivity index (χ4v) is 1.91. The van der Waals surface area contributed by atoms with Crippen LogP contribution in [0.5, 0.6) is 0 Å². The molecule has 0 saturated carbocycles. The average molecular weight is 263 g/mol. The van der Waals surface area contributed by atoms with Crippen LogP contribution in [0.2, 0.25) is 5.15 Å². The zero-order valence-corrected chi connectivity index (χ0v) is 10.5. The van der Waals surface area contributed by atoms with E-state index < -0.39 is 4.92 Å². The normalized spacial score (nSPS) is 11.2. The van der Waals surface area contributed by atoms with Gasteiger partial charge in [-0.2, -0.15) is 0 Å². The highest BCUT2D eigenvalue weighted by molar-refractivity contribution is 6.31. The van der Waals surface area contributed by atoms with Gasteiger partial charge in [-0.3, -0.25) is 10.1 Å². The van der Waals surface area contributed by atoms with E-state index in [1.54, 1.807) is 0 Å². The summed E-state index contributed by atoms with van der Waals surface area (Å²) in [4.78, 5) is 14.0. The third kappa shape index (κ3) is 2.65. The summed E-state index contributed by atoms with van der Waals surface area (Å²) in [6.45, 7) is 2.07. The number of fused-ring (bicyclic) bond motifs is 1. The number of nitrogens with zero attached hydrogens (tertiary/aromatic N) is 2. The zero-order valence-electron chi connectivity index (χ0n) is 9.76. The van der Waals surface area contributed by atoms with E-state index in [2.05, 4.69) is 11.9 Å². The van der Waals surface area contributed by atoms with Crippen LogP contribution >= 0.6 is 11.6 Å². The highest BCUT2D eigenvalue weighted by Crippen LogP contribution is 2.22. The maximum Gasteiger partial charge on any atom is 0.235 e. The van der Waals surface area contributed by atoms with Gasteiger partial charge < -0.3 is 0 Å². The van der Waals surface area contributed by atoms with Crippen LogP contribution in [0.4, 0.5) is 0 Å². The summed E-state index contributed by atoms with van der Waals surface area (Å²) in [7, 11) is 0. The first-order valence-corrected chi connectivity index (χ1v) is 5.89. The molecular weight excluding hydrogens is 252 g/mol. The molecule has 5 heteroatoms. The number of hydrogen-bond donors (Lipinski definition) is 0. The SMILES string of the molecule is CCc1ccc2nc(Cl)c(C=C[N+](=O)[O-])cc2c1. The van der Waals surface area contributed by atoms with E-state index in [0.29, 0.717) is 5.56 Å². The fourth-order valence-electron chi connectivity index (χ4n) is 1.70. The average Bonchev–Trinajstić information content (AvgIpc) is 2.35. The summed E-state index contributed by atoms with van der Waals surface area (Å²) >= 11 is 5.98. The van der Waals surface area contributed by atoms with Crippen LogP contribution in [0.25, 0.3) is 17.0 Å². The minimum absolute atomic E-state index is 0.268. The lowest BCUT2D eigenvalue weighted by Gasteiger charge is -2.03. The van der Waals surface area contributed by atoms with Crippen molar-refractivity contribution in [2.24, 2.45) is 0 Å². The molecule has 0 fully saturated rings. The van der Waals surface area contributed by atoms with Crippen molar-refractivity contribution in [2.45, 2.75) is 13.3 Å². The molecule has 0 radical (unpaired) electrons. The fraction of sp³-hybridized carbons (Fsp3) is 0.154. The second-order valence-electron chi connectivity index (χ2n) is 3.85. The number of halogens is 1. The standard InChI is InChI=1S/C13H11ClN2O2/c1-2-9-3-4-12-11(7-9)8-10(13(14)15-12)5-6-16(17)18/h3-8H,2H2,1H3. The van der Waals surface area contributed by atoms with E-state index >= 15 is 0 Å². The molecule has 0 unspecified atom stereocenters. The van der Waals surface area contributed by atoms with Crippen LogP contribution in [0.15, 0.2) is 30.5 Å². The number of hydrogen-bond acceptors (Lipinski definition) is 3. The van der Waals surface area contributed by atoms with Gasteiger partial charge in [0.1, 0.15) is 5.15 Å². The van der Waals surface area contributed by atoms with Crippen LogP contribution in [-0.4, -0.2) is 9.91 Å². The maximum absolute atomic E-state index is 10.3. The lowest BCUT2D eigenvalue weighted by atomic mass is 10.1. The van der Waals surface area contributed by atoms with Gasteiger partial charge in [-0.1, -0.05) is 24.6 Å². The molecule has 2 aromatic rings. The van der Waals surface area contributed by atoms with Crippen LogP contribution < -0.4 is 0 Å². The minimum atomic E-state index is -0.525. The second-order valence-corrected chi connectivity index (χ2v) is 4.21. The molecule has 0 N–H and O–H groups in total.